The first-order valence-corrected chi connectivity index (χ1v) is 1.82. The standard InChI is InChI=1S/C3H6N2.2BrH/c1-2-5-3-4-1;;/h3H,1-2H2,(H,4,5);2*1H. The van der Waals surface area contributed by atoms with Gasteiger partial charge in [0.2, 0.25) is 0 Å². The minimum absolute atomic E-state index is 0. The molecule has 0 amide bonds. The molecular formula is C3H8Br2N2. The number of rotatable bonds is 0. The van der Waals surface area contributed by atoms with Gasteiger partial charge in [-0.1, -0.05) is 0 Å². The van der Waals surface area contributed by atoms with E-state index in [2.05, 4.69) is 10.3 Å². The van der Waals surface area contributed by atoms with Crippen molar-refractivity contribution in [3.8, 4) is 0 Å². The molecule has 0 aromatic heterocycles. The lowest BCUT2D eigenvalue weighted by molar-refractivity contribution is -0.518. The molecule has 1 rings (SSSR count). The van der Waals surface area contributed by atoms with E-state index in [1.54, 1.807) is 0 Å². The van der Waals surface area contributed by atoms with Crippen molar-refractivity contribution < 1.29 is 22.3 Å². The molecule has 0 unspecified atom stereocenters. The molecule has 2 N–H and O–H groups in total. The van der Waals surface area contributed by atoms with Crippen LogP contribution in [0, 0.1) is 0 Å². The fourth-order valence-electron chi connectivity index (χ4n) is 0.373. The molecule has 1 aliphatic rings. The van der Waals surface area contributed by atoms with Crippen LogP contribution in [0.2, 0.25) is 0 Å². The van der Waals surface area contributed by atoms with E-state index in [9.17, 15) is 0 Å². The van der Waals surface area contributed by atoms with Crippen molar-refractivity contribution >= 4 is 23.3 Å². The molecule has 0 fully saturated rings. The quantitative estimate of drug-likeness (QED) is 0.443. The molecule has 0 radical (unpaired) electrons. The average molecular weight is 232 g/mol. The van der Waals surface area contributed by atoms with Crippen LogP contribution in [0.25, 0.3) is 0 Å². The third-order valence-electron chi connectivity index (χ3n) is 0.636. The van der Waals surface area contributed by atoms with E-state index in [0.717, 1.165) is 13.1 Å². The van der Waals surface area contributed by atoms with Gasteiger partial charge in [0.05, 0.1) is 6.54 Å². The second-order valence-corrected chi connectivity index (χ2v) is 1.08. The summed E-state index contributed by atoms with van der Waals surface area (Å²) in [5.74, 6) is 0. The van der Waals surface area contributed by atoms with Crippen LogP contribution in [0.5, 0.6) is 0 Å². The molecule has 1 aliphatic heterocycles. The van der Waals surface area contributed by atoms with Gasteiger partial charge in [0.15, 0.2) is 6.34 Å². The van der Waals surface area contributed by atoms with Crippen LogP contribution in [0.1, 0.15) is 0 Å². The van der Waals surface area contributed by atoms with Crippen LogP contribution in [0.3, 0.4) is 0 Å². The highest BCUT2D eigenvalue weighted by molar-refractivity contribution is 8.93. The maximum atomic E-state index is 3.90. The smallest absolute Gasteiger partial charge is 0.182 e. The average Bonchev–Trinajstić information content (AvgIpc) is 1.76. The predicted molar refractivity (Wildman–Crippen MR) is 30.5 cm³/mol. The summed E-state index contributed by atoms with van der Waals surface area (Å²) in [6, 6.07) is 0. The van der Waals surface area contributed by atoms with Gasteiger partial charge in [-0.15, -0.1) is 17.0 Å². The first-order valence-electron chi connectivity index (χ1n) is 1.82. The van der Waals surface area contributed by atoms with E-state index in [-0.39, 0.29) is 34.0 Å². The second kappa shape index (κ2) is 6.59. The third kappa shape index (κ3) is 4.44. The summed E-state index contributed by atoms with van der Waals surface area (Å²) >= 11 is 0. The zero-order chi connectivity index (χ0) is 3.54. The van der Waals surface area contributed by atoms with E-state index in [1.165, 1.54) is 0 Å². The molecule has 4 heteroatoms. The number of halogens is 2. The minimum Gasteiger partial charge on any atom is -1.00 e. The lowest BCUT2D eigenvalue weighted by Gasteiger charge is -1.68. The normalized spacial score (nSPS) is 14.9. The van der Waals surface area contributed by atoms with Gasteiger partial charge >= 0.3 is 0 Å². The highest BCUT2D eigenvalue weighted by Gasteiger charge is 1.88. The molecule has 0 saturated heterocycles. The Balaban J connectivity index is 0. The van der Waals surface area contributed by atoms with Crippen LogP contribution < -0.4 is 22.3 Å². The van der Waals surface area contributed by atoms with Crippen LogP contribution >= 0.6 is 17.0 Å². The van der Waals surface area contributed by atoms with Crippen molar-refractivity contribution in [2.45, 2.75) is 0 Å². The summed E-state index contributed by atoms with van der Waals surface area (Å²) in [6.45, 7) is 2.17. The van der Waals surface area contributed by atoms with Gasteiger partial charge in [0.25, 0.3) is 0 Å². The molecule has 0 aliphatic carbocycles. The Morgan fingerprint density at radius 1 is 1.57 bits per heavy atom. The summed E-state index contributed by atoms with van der Waals surface area (Å²) in [4.78, 5) is 3.90. The molecule has 7 heavy (non-hydrogen) atoms. The summed E-state index contributed by atoms with van der Waals surface area (Å²) in [5, 5.41) is 2.07. The SMILES string of the molecule is Br.C1=NCC[NH2+]1.[Br-]. The van der Waals surface area contributed by atoms with Crippen LogP contribution in [0.4, 0.5) is 0 Å². The van der Waals surface area contributed by atoms with E-state index < -0.39 is 0 Å². The maximum absolute atomic E-state index is 3.90. The lowest BCUT2D eigenvalue weighted by atomic mass is 10.7. The summed E-state index contributed by atoms with van der Waals surface area (Å²) in [6.07, 6.45) is 1.86. The van der Waals surface area contributed by atoms with Crippen molar-refractivity contribution in [3.05, 3.63) is 0 Å². The van der Waals surface area contributed by atoms with Crippen molar-refractivity contribution in [2.75, 3.05) is 13.1 Å². The number of quaternary nitrogens is 1. The fraction of sp³-hybridized carbons (Fsp3) is 0.667. The number of hydrogen-bond acceptors (Lipinski definition) is 1. The highest BCUT2D eigenvalue weighted by Crippen LogP contribution is 1.59. The van der Waals surface area contributed by atoms with Gasteiger partial charge in [-0.05, 0) is 0 Å². The third-order valence-corrected chi connectivity index (χ3v) is 0.636. The zero-order valence-corrected chi connectivity index (χ0v) is 7.10. The summed E-state index contributed by atoms with van der Waals surface area (Å²) in [5.41, 5.74) is 0. The van der Waals surface area contributed by atoms with E-state index in [4.69, 9.17) is 0 Å². The Morgan fingerprint density at radius 3 is 2.43 bits per heavy atom. The Morgan fingerprint density at radius 2 is 2.29 bits per heavy atom. The summed E-state index contributed by atoms with van der Waals surface area (Å²) in [7, 11) is 0. The number of aliphatic imine (C=N–C) groups is 1. The fourth-order valence-corrected chi connectivity index (χ4v) is 0.373. The first kappa shape index (κ1) is 10.5. The van der Waals surface area contributed by atoms with E-state index in [0.29, 0.717) is 0 Å². The molecule has 44 valence electrons. The number of nitrogens with two attached hydrogens (primary N) is 1. The van der Waals surface area contributed by atoms with Gasteiger partial charge in [0, 0.05) is 0 Å². The number of nitrogens with zero attached hydrogens (tertiary/aromatic N) is 1. The predicted octanol–water partition coefficient (Wildman–Crippen LogP) is -3.83. The Kier molecular flexibility index (Phi) is 9.93. The molecule has 2 nitrogen and oxygen atoms in total. The monoisotopic (exact) mass is 230 g/mol. The van der Waals surface area contributed by atoms with Gasteiger partial charge < -0.3 is 22.3 Å². The van der Waals surface area contributed by atoms with Crippen LogP contribution in [-0.2, 0) is 0 Å². The molecule has 0 bridgehead atoms. The molecular weight excluding hydrogens is 224 g/mol. The van der Waals surface area contributed by atoms with Gasteiger partial charge in [-0.3, -0.25) is 0 Å². The van der Waals surface area contributed by atoms with Gasteiger partial charge in [0.1, 0.15) is 6.54 Å². The van der Waals surface area contributed by atoms with E-state index in [1.807, 2.05) is 6.34 Å². The highest BCUT2D eigenvalue weighted by atomic mass is 79.9. The second-order valence-electron chi connectivity index (χ2n) is 1.08. The number of hydrogen-bond donors (Lipinski definition) is 1. The molecule has 0 saturated carbocycles. The van der Waals surface area contributed by atoms with Crippen LogP contribution in [-0.4, -0.2) is 19.4 Å². The molecule has 0 spiro atoms. The van der Waals surface area contributed by atoms with Crippen molar-refractivity contribution in [2.24, 2.45) is 4.99 Å². The van der Waals surface area contributed by atoms with E-state index >= 15 is 0 Å². The van der Waals surface area contributed by atoms with Crippen molar-refractivity contribution in [3.63, 3.8) is 0 Å². The zero-order valence-electron chi connectivity index (χ0n) is 3.80. The first-order chi connectivity index (χ1) is 2.50. The molecule has 0 aromatic carbocycles. The molecule has 1 heterocycles. The van der Waals surface area contributed by atoms with Gasteiger partial charge in [-0.25, -0.2) is 4.99 Å². The Bertz CT molecular complexity index is 48.9. The van der Waals surface area contributed by atoms with Crippen LogP contribution in [0.15, 0.2) is 4.99 Å². The topological polar surface area (TPSA) is 29.0 Å². The summed E-state index contributed by atoms with van der Waals surface area (Å²) < 4.78 is 0. The lowest BCUT2D eigenvalue weighted by Crippen LogP contribution is -3.00. The van der Waals surface area contributed by atoms with Crippen molar-refractivity contribution in [1.82, 2.24) is 0 Å². The Labute approximate surface area is 63.9 Å². The molecule has 0 atom stereocenters. The minimum atomic E-state index is 0. The van der Waals surface area contributed by atoms with Gasteiger partial charge in [-0.2, -0.15) is 0 Å². The Hall–Kier alpha value is 0.590. The molecule has 0 aromatic rings. The maximum Gasteiger partial charge on any atom is 0.182 e. The largest absolute Gasteiger partial charge is 1.00 e. The van der Waals surface area contributed by atoms with Crippen molar-refractivity contribution in [1.29, 1.82) is 0 Å².